The molecule has 0 unspecified atom stereocenters. The number of hydrogen-bond donors (Lipinski definition) is 0. The number of benzene rings is 1. The summed E-state index contributed by atoms with van der Waals surface area (Å²) in [6.07, 6.45) is -4.53. The van der Waals surface area contributed by atoms with E-state index in [9.17, 15) is 13.2 Å². The maximum absolute atomic E-state index is 12.4. The second-order valence-corrected chi connectivity index (χ2v) is 3.66. The Morgan fingerprint density at radius 3 is 2.18 bits per heavy atom. The lowest BCUT2D eigenvalue weighted by molar-refractivity contribution is -0.137. The van der Waals surface area contributed by atoms with E-state index < -0.39 is 11.7 Å². The lowest BCUT2D eigenvalue weighted by Crippen LogP contribution is -2.04. The van der Waals surface area contributed by atoms with E-state index in [1.807, 2.05) is 0 Å². The van der Waals surface area contributed by atoms with Crippen LogP contribution < -0.4 is 0 Å². The minimum absolute atomic E-state index is 0.0865. The summed E-state index contributed by atoms with van der Waals surface area (Å²) in [5.41, 5.74) is -1.05. The zero-order valence-electron chi connectivity index (χ0n) is 8.09. The van der Waals surface area contributed by atoms with Crippen molar-refractivity contribution < 1.29 is 13.2 Å². The van der Waals surface area contributed by atoms with Crippen LogP contribution in [-0.4, -0.2) is 6.54 Å². The molecule has 0 aliphatic carbocycles. The molecule has 1 aromatic carbocycles. The molecule has 0 N–H and O–H groups in total. The van der Waals surface area contributed by atoms with E-state index in [1.54, 1.807) is 6.07 Å². The molecule has 0 amide bonds. The Labute approximate surface area is 104 Å². The van der Waals surface area contributed by atoms with E-state index in [4.69, 9.17) is 28.5 Å². The quantitative estimate of drug-likeness (QED) is 0.576. The topological polar surface area (TPSA) is 48.5 Å². The Bertz CT molecular complexity index is 468. The number of halogens is 5. The van der Waals surface area contributed by atoms with Crippen LogP contribution in [0.25, 0.3) is 0 Å². The molecular formula is C9H4Cl2F3N3. The molecule has 0 bridgehead atoms. The number of hydrogen-bond acceptors (Lipinski definition) is 3. The molecule has 0 saturated carbocycles. The summed E-state index contributed by atoms with van der Waals surface area (Å²) >= 11 is 11.2. The van der Waals surface area contributed by atoms with Crippen LogP contribution in [-0.2, 0) is 6.18 Å². The first kappa shape index (κ1) is 13.7. The van der Waals surface area contributed by atoms with Gasteiger partial charge in [0.25, 0.3) is 0 Å². The molecule has 0 saturated heterocycles. The van der Waals surface area contributed by atoms with E-state index >= 15 is 0 Å². The smallest absolute Gasteiger partial charge is 0.196 e. The molecule has 1 rings (SSSR count). The highest BCUT2D eigenvalue weighted by Gasteiger charge is 2.32. The standard InChI is InChI=1S/C9H4Cl2F3N3/c10-6-3-5(9(12,13)14)4-7(11)8(6)17-16-2-1-15/h3-4H,2H2. The van der Waals surface area contributed by atoms with Gasteiger partial charge in [-0.25, -0.2) is 0 Å². The Morgan fingerprint density at radius 1 is 1.24 bits per heavy atom. The normalized spacial score (nSPS) is 11.8. The van der Waals surface area contributed by atoms with E-state index in [0.717, 1.165) is 0 Å². The summed E-state index contributed by atoms with van der Waals surface area (Å²) < 4.78 is 37.1. The number of azo groups is 1. The molecule has 17 heavy (non-hydrogen) atoms. The van der Waals surface area contributed by atoms with Gasteiger partial charge in [0.1, 0.15) is 12.2 Å². The molecule has 0 atom stereocenters. The van der Waals surface area contributed by atoms with E-state index in [-0.39, 0.29) is 22.3 Å². The lowest BCUT2D eigenvalue weighted by atomic mass is 10.2. The van der Waals surface area contributed by atoms with Crippen LogP contribution in [0.4, 0.5) is 18.9 Å². The molecule has 0 aromatic heterocycles. The molecule has 0 heterocycles. The first-order valence-electron chi connectivity index (χ1n) is 4.17. The monoisotopic (exact) mass is 281 g/mol. The molecule has 0 radical (unpaired) electrons. The average Bonchev–Trinajstić information content (AvgIpc) is 2.20. The van der Waals surface area contributed by atoms with Crippen LogP contribution in [0, 0.1) is 11.3 Å². The summed E-state index contributed by atoms with van der Waals surface area (Å²) in [4.78, 5) is 0. The van der Waals surface area contributed by atoms with Gasteiger partial charge in [0.15, 0.2) is 0 Å². The molecule has 1 aromatic rings. The minimum atomic E-state index is -4.53. The van der Waals surface area contributed by atoms with Gasteiger partial charge in [0.05, 0.1) is 21.7 Å². The van der Waals surface area contributed by atoms with Crippen LogP contribution >= 0.6 is 23.2 Å². The highest BCUT2D eigenvalue weighted by molar-refractivity contribution is 6.38. The predicted octanol–water partition coefficient (Wildman–Crippen LogP) is 4.62. The summed E-state index contributed by atoms with van der Waals surface area (Å²) in [5.74, 6) is 0. The lowest BCUT2D eigenvalue weighted by Gasteiger charge is -2.09. The summed E-state index contributed by atoms with van der Waals surface area (Å²) in [6, 6.07) is 3.09. The SMILES string of the molecule is N#CCN=Nc1c(Cl)cc(C(F)(F)F)cc1Cl. The Kier molecular flexibility index (Phi) is 4.32. The first-order valence-corrected chi connectivity index (χ1v) is 4.92. The van der Waals surface area contributed by atoms with E-state index in [2.05, 4.69) is 10.2 Å². The molecule has 90 valence electrons. The molecule has 3 nitrogen and oxygen atoms in total. The third-order valence-electron chi connectivity index (χ3n) is 1.66. The number of nitriles is 1. The first-order chi connectivity index (χ1) is 7.86. The van der Waals surface area contributed by atoms with Gasteiger partial charge < -0.3 is 0 Å². The number of nitrogens with zero attached hydrogens (tertiary/aromatic N) is 3. The maximum atomic E-state index is 12.4. The minimum Gasteiger partial charge on any atom is -0.196 e. The van der Waals surface area contributed by atoms with Crippen molar-refractivity contribution in [2.75, 3.05) is 6.54 Å². The molecule has 0 aliphatic heterocycles. The number of rotatable bonds is 2. The van der Waals surface area contributed by atoms with Crippen LogP contribution in [0.5, 0.6) is 0 Å². The fraction of sp³-hybridized carbons (Fsp3) is 0.222. The van der Waals surface area contributed by atoms with Gasteiger partial charge in [0.2, 0.25) is 0 Å². The third-order valence-corrected chi connectivity index (χ3v) is 2.23. The van der Waals surface area contributed by atoms with Crippen molar-refractivity contribution in [2.24, 2.45) is 10.2 Å². The Balaban J connectivity index is 3.16. The van der Waals surface area contributed by atoms with Crippen molar-refractivity contribution in [3.05, 3.63) is 27.7 Å². The van der Waals surface area contributed by atoms with Crippen molar-refractivity contribution in [3.8, 4) is 6.07 Å². The second kappa shape index (κ2) is 5.34. The van der Waals surface area contributed by atoms with Gasteiger partial charge in [-0.2, -0.15) is 28.7 Å². The van der Waals surface area contributed by atoms with Gasteiger partial charge >= 0.3 is 6.18 Å². The maximum Gasteiger partial charge on any atom is 0.416 e. The summed E-state index contributed by atoms with van der Waals surface area (Å²) in [6.45, 7) is -0.228. The molecule has 0 fully saturated rings. The van der Waals surface area contributed by atoms with E-state index in [0.29, 0.717) is 12.1 Å². The van der Waals surface area contributed by atoms with Crippen molar-refractivity contribution in [1.82, 2.24) is 0 Å². The van der Waals surface area contributed by atoms with Gasteiger partial charge in [-0.1, -0.05) is 23.2 Å². The molecule has 8 heteroatoms. The van der Waals surface area contributed by atoms with Crippen LogP contribution in [0.2, 0.25) is 10.0 Å². The van der Waals surface area contributed by atoms with E-state index in [1.165, 1.54) is 0 Å². The fourth-order valence-electron chi connectivity index (χ4n) is 0.962. The number of alkyl halides is 3. The van der Waals surface area contributed by atoms with Gasteiger partial charge in [-0.05, 0) is 12.1 Å². The second-order valence-electron chi connectivity index (χ2n) is 2.84. The highest BCUT2D eigenvalue weighted by atomic mass is 35.5. The molecule has 0 spiro atoms. The zero-order valence-corrected chi connectivity index (χ0v) is 9.61. The van der Waals surface area contributed by atoms with Crippen LogP contribution in [0.3, 0.4) is 0 Å². The summed E-state index contributed by atoms with van der Waals surface area (Å²) in [7, 11) is 0. The molecule has 0 aliphatic rings. The highest BCUT2D eigenvalue weighted by Crippen LogP contribution is 2.39. The van der Waals surface area contributed by atoms with Gasteiger partial charge in [-0.15, -0.1) is 0 Å². The average molecular weight is 282 g/mol. The third kappa shape index (κ3) is 3.58. The van der Waals surface area contributed by atoms with Crippen LogP contribution in [0.15, 0.2) is 22.4 Å². The van der Waals surface area contributed by atoms with Crippen LogP contribution in [0.1, 0.15) is 5.56 Å². The zero-order chi connectivity index (χ0) is 13.1. The van der Waals surface area contributed by atoms with Crippen molar-refractivity contribution >= 4 is 28.9 Å². The fourth-order valence-corrected chi connectivity index (χ4v) is 1.53. The largest absolute Gasteiger partial charge is 0.416 e. The Hall–Kier alpha value is -1.32. The van der Waals surface area contributed by atoms with Gasteiger partial charge in [-0.3, -0.25) is 0 Å². The van der Waals surface area contributed by atoms with Crippen molar-refractivity contribution in [3.63, 3.8) is 0 Å². The van der Waals surface area contributed by atoms with Gasteiger partial charge in [0, 0.05) is 0 Å². The van der Waals surface area contributed by atoms with Crippen molar-refractivity contribution in [2.45, 2.75) is 6.18 Å². The van der Waals surface area contributed by atoms with Crippen molar-refractivity contribution in [1.29, 1.82) is 5.26 Å². The molecular weight excluding hydrogens is 278 g/mol. The predicted molar refractivity (Wildman–Crippen MR) is 56.5 cm³/mol. The Morgan fingerprint density at radius 2 is 1.76 bits per heavy atom. The summed E-state index contributed by atoms with van der Waals surface area (Å²) in [5, 5.41) is 14.5.